The first-order valence-corrected chi connectivity index (χ1v) is 10.5. The highest BCUT2D eigenvalue weighted by atomic mass is 19.1. The summed E-state index contributed by atoms with van der Waals surface area (Å²) in [6, 6.07) is 6.08. The van der Waals surface area contributed by atoms with Gasteiger partial charge in [0.15, 0.2) is 0 Å². The number of carbonyl (C=O) groups is 1. The lowest BCUT2D eigenvalue weighted by molar-refractivity contribution is -0.140. The zero-order chi connectivity index (χ0) is 22.6. The summed E-state index contributed by atoms with van der Waals surface area (Å²) in [7, 11) is 1.34. The number of allylic oxidation sites excluding steroid dienone is 6. The number of aliphatic hydroxyl groups is 3. The first-order valence-electron chi connectivity index (χ1n) is 10.5. The summed E-state index contributed by atoms with van der Waals surface area (Å²) in [5, 5.41) is 30.9. The molecule has 1 aromatic rings. The summed E-state index contributed by atoms with van der Waals surface area (Å²) in [4.78, 5) is 11.2. The number of esters is 1. The number of benzene rings is 1. The lowest BCUT2D eigenvalue weighted by Crippen LogP contribution is -2.24. The summed E-state index contributed by atoms with van der Waals surface area (Å²) in [6.07, 6.45) is 10.7. The monoisotopic (exact) mass is 430 g/mol. The molecular weight excluding hydrogens is 399 g/mol. The van der Waals surface area contributed by atoms with E-state index in [1.54, 1.807) is 24.3 Å². The van der Waals surface area contributed by atoms with Crippen LogP contribution in [0.3, 0.4) is 0 Å². The van der Waals surface area contributed by atoms with Crippen LogP contribution in [0, 0.1) is 5.82 Å². The van der Waals surface area contributed by atoms with Gasteiger partial charge in [0.05, 0.1) is 25.4 Å². The van der Waals surface area contributed by atoms with Gasteiger partial charge in [0, 0.05) is 6.42 Å². The van der Waals surface area contributed by atoms with Crippen molar-refractivity contribution in [2.45, 2.75) is 56.8 Å². The van der Waals surface area contributed by atoms with Gasteiger partial charge < -0.3 is 20.1 Å². The lowest BCUT2D eigenvalue weighted by Gasteiger charge is -2.16. The Balaban J connectivity index is 1.84. The van der Waals surface area contributed by atoms with Crippen molar-refractivity contribution < 1.29 is 29.2 Å². The quantitative estimate of drug-likeness (QED) is 0.468. The van der Waals surface area contributed by atoms with Crippen LogP contribution in [0.4, 0.5) is 4.39 Å². The average molecular weight is 431 g/mol. The topological polar surface area (TPSA) is 87.0 Å². The normalized spacial score (nSPS) is 16.9. The van der Waals surface area contributed by atoms with Crippen molar-refractivity contribution in [2.75, 3.05) is 7.11 Å². The number of ether oxygens (including phenoxy) is 1. The Labute approximate surface area is 182 Å². The Morgan fingerprint density at radius 3 is 2.55 bits per heavy atom. The Bertz CT molecular complexity index is 823. The first-order chi connectivity index (χ1) is 14.9. The Hall–Kier alpha value is -2.54. The highest BCUT2D eigenvalue weighted by molar-refractivity contribution is 5.69. The molecule has 0 heterocycles. The van der Waals surface area contributed by atoms with Crippen molar-refractivity contribution >= 4 is 5.97 Å². The number of hydrogen-bond donors (Lipinski definition) is 3. The van der Waals surface area contributed by atoms with Crippen LogP contribution >= 0.6 is 0 Å². The largest absolute Gasteiger partial charge is 0.469 e. The molecule has 5 nitrogen and oxygen atoms in total. The molecule has 0 saturated heterocycles. The van der Waals surface area contributed by atoms with E-state index in [0.29, 0.717) is 32.1 Å². The molecular formula is C25H31FO5. The van der Waals surface area contributed by atoms with Crippen LogP contribution in [0.2, 0.25) is 0 Å². The van der Waals surface area contributed by atoms with Crippen molar-refractivity contribution in [3.8, 4) is 0 Å². The molecule has 0 fully saturated rings. The maximum absolute atomic E-state index is 13.0. The summed E-state index contributed by atoms with van der Waals surface area (Å²) in [5.41, 5.74) is 2.60. The van der Waals surface area contributed by atoms with Crippen LogP contribution in [-0.4, -0.2) is 46.7 Å². The molecule has 0 aromatic heterocycles. The molecule has 2 rings (SSSR count). The fraction of sp³-hybridized carbons (Fsp3) is 0.400. The molecule has 0 aliphatic heterocycles. The third-order valence-corrected chi connectivity index (χ3v) is 5.20. The molecule has 1 aromatic carbocycles. The Morgan fingerprint density at radius 2 is 1.84 bits per heavy atom. The van der Waals surface area contributed by atoms with E-state index in [1.165, 1.54) is 19.2 Å². The first kappa shape index (κ1) is 24.7. The minimum atomic E-state index is -1.04. The second-order valence-electron chi connectivity index (χ2n) is 7.61. The van der Waals surface area contributed by atoms with Crippen molar-refractivity contribution in [3.05, 3.63) is 83.2 Å². The second-order valence-corrected chi connectivity index (χ2v) is 7.61. The van der Waals surface area contributed by atoms with Crippen LogP contribution in [0.1, 0.15) is 37.7 Å². The van der Waals surface area contributed by atoms with Gasteiger partial charge >= 0.3 is 5.97 Å². The fourth-order valence-corrected chi connectivity index (χ4v) is 3.27. The van der Waals surface area contributed by atoms with E-state index in [0.717, 1.165) is 16.7 Å². The molecule has 1 aliphatic rings. The SMILES string of the molecule is COC(=O)CCC[C@H](O)C1=CC=CC=C(/C=C/[C@@H](O)[C@@H](O)CCc2ccc(F)cc2)C1. The molecule has 0 spiro atoms. The summed E-state index contributed by atoms with van der Waals surface area (Å²) in [5.74, 6) is -0.600. The second kappa shape index (κ2) is 13.0. The number of methoxy groups -OCH3 is 1. The molecule has 3 atom stereocenters. The lowest BCUT2D eigenvalue weighted by atomic mass is 9.96. The molecule has 3 N–H and O–H groups in total. The molecule has 1 aliphatic carbocycles. The molecule has 0 amide bonds. The molecule has 0 radical (unpaired) electrons. The predicted octanol–water partition coefficient (Wildman–Crippen LogP) is 3.55. The van der Waals surface area contributed by atoms with Gasteiger partial charge in [-0.1, -0.05) is 48.6 Å². The minimum absolute atomic E-state index is 0.265. The summed E-state index contributed by atoms with van der Waals surface area (Å²) >= 11 is 0. The van der Waals surface area contributed by atoms with Gasteiger partial charge in [-0.05, 0) is 60.9 Å². The highest BCUT2D eigenvalue weighted by Crippen LogP contribution is 2.22. The number of aliphatic hydroxyl groups excluding tert-OH is 3. The van der Waals surface area contributed by atoms with Crippen molar-refractivity contribution in [1.82, 2.24) is 0 Å². The smallest absolute Gasteiger partial charge is 0.305 e. The van der Waals surface area contributed by atoms with Crippen molar-refractivity contribution in [1.29, 1.82) is 0 Å². The van der Waals surface area contributed by atoms with E-state index in [-0.39, 0.29) is 18.2 Å². The van der Waals surface area contributed by atoms with Gasteiger partial charge in [-0.3, -0.25) is 4.79 Å². The van der Waals surface area contributed by atoms with E-state index in [9.17, 15) is 24.5 Å². The van der Waals surface area contributed by atoms with Crippen molar-refractivity contribution in [3.63, 3.8) is 0 Å². The van der Waals surface area contributed by atoms with Gasteiger partial charge in [0.25, 0.3) is 0 Å². The van der Waals surface area contributed by atoms with E-state index in [2.05, 4.69) is 4.74 Å². The van der Waals surface area contributed by atoms with Crippen LogP contribution in [0.25, 0.3) is 0 Å². The third-order valence-electron chi connectivity index (χ3n) is 5.20. The Kier molecular flexibility index (Phi) is 10.4. The van der Waals surface area contributed by atoms with Crippen molar-refractivity contribution in [2.24, 2.45) is 0 Å². The number of aryl methyl sites for hydroxylation is 1. The van der Waals surface area contributed by atoms with Gasteiger partial charge in [0.1, 0.15) is 5.82 Å². The number of halogens is 1. The van der Waals surface area contributed by atoms with Crippen LogP contribution in [-0.2, 0) is 16.0 Å². The van der Waals surface area contributed by atoms with Crippen LogP contribution < -0.4 is 0 Å². The minimum Gasteiger partial charge on any atom is -0.469 e. The zero-order valence-electron chi connectivity index (χ0n) is 17.8. The molecule has 6 heteroatoms. The van der Waals surface area contributed by atoms with Crippen LogP contribution in [0.15, 0.2) is 71.9 Å². The zero-order valence-corrected chi connectivity index (χ0v) is 17.8. The fourth-order valence-electron chi connectivity index (χ4n) is 3.27. The molecule has 0 unspecified atom stereocenters. The highest BCUT2D eigenvalue weighted by Gasteiger charge is 2.16. The maximum Gasteiger partial charge on any atom is 0.305 e. The summed E-state index contributed by atoms with van der Waals surface area (Å²) < 4.78 is 17.6. The molecule has 0 saturated carbocycles. The standard InChI is InChI=1S/C25H31FO5/c1-31-25(30)8-4-7-22(27)20-6-3-2-5-19(17-20)12-16-24(29)23(28)15-11-18-9-13-21(26)14-10-18/h2-3,5-6,9-10,12-14,16,22-24,27-29H,4,7-8,11,15,17H2,1H3/b16-12+/t22-,23-,24+/m0/s1. The van der Waals surface area contributed by atoms with E-state index >= 15 is 0 Å². The van der Waals surface area contributed by atoms with Crippen LogP contribution in [0.5, 0.6) is 0 Å². The Morgan fingerprint density at radius 1 is 1.13 bits per heavy atom. The van der Waals surface area contributed by atoms with Gasteiger partial charge in [-0.25, -0.2) is 4.39 Å². The van der Waals surface area contributed by atoms with Gasteiger partial charge in [-0.15, -0.1) is 0 Å². The maximum atomic E-state index is 13.0. The van der Waals surface area contributed by atoms with Gasteiger partial charge in [0.2, 0.25) is 0 Å². The summed E-state index contributed by atoms with van der Waals surface area (Å²) in [6.45, 7) is 0. The van der Waals surface area contributed by atoms with Gasteiger partial charge in [-0.2, -0.15) is 0 Å². The molecule has 31 heavy (non-hydrogen) atoms. The number of carbonyl (C=O) groups excluding carboxylic acids is 1. The number of hydrogen-bond acceptors (Lipinski definition) is 5. The molecule has 0 bridgehead atoms. The van der Waals surface area contributed by atoms with E-state index in [1.807, 2.05) is 24.3 Å². The average Bonchev–Trinajstić information content (AvgIpc) is 3.02. The van der Waals surface area contributed by atoms with E-state index in [4.69, 9.17) is 0 Å². The number of rotatable bonds is 11. The third kappa shape index (κ3) is 9.00. The molecule has 168 valence electrons. The predicted molar refractivity (Wildman–Crippen MR) is 118 cm³/mol. The van der Waals surface area contributed by atoms with E-state index < -0.39 is 18.3 Å².